The van der Waals surface area contributed by atoms with Crippen LogP contribution in [0.15, 0.2) is 5.16 Å². The molecule has 0 aromatic rings. The molecule has 0 saturated heterocycles. The Hall–Kier alpha value is -0.970. The second-order valence-corrected chi connectivity index (χ2v) is 2.28. The van der Waals surface area contributed by atoms with Gasteiger partial charge in [0.05, 0.1) is 0 Å². The maximum Gasteiger partial charge on any atom is 0.126 e. The maximum atomic E-state index is 4.52. The summed E-state index contributed by atoms with van der Waals surface area (Å²) in [6.07, 6.45) is 0. The van der Waals surface area contributed by atoms with E-state index in [9.17, 15) is 0 Å². The van der Waals surface area contributed by atoms with Crippen molar-refractivity contribution < 1.29 is 4.84 Å². The highest BCUT2D eigenvalue weighted by Crippen LogP contribution is 1.86. The summed E-state index contributed by atoms with van der Waals surface area (Å²) in [6.45, 7) is 5.89. The average Bonchev–Trinajstić information content (AvgIpc) is 1.85. The molecule has 0 rings (SSSR count). The van der Waals surface area contributed by atoms with Crippen molar-refractivity contribution in [3.05, 3.63) is 0 Å². The molecular weight excluding hydrogens is 126 g/mol. The Labute approximate surface area is 62.3 Å². The molecule has 0 N–H and O–H groups in total. The summed E-state index contributed by atoms with van der Waals surface area (Å²) >= 11 is 0. The van der Waals surface area contributed by atoms with Gasteiger partial charge in [-0.15, -0.1) is 0 Å². The zero-order valence-electron chi connectivity index (χ0n) is 6.93. The zero-order chi connectivity index (χ0) is 7.98. The van der Waals surface area contributed by atoms with Crippen molar-refractivity contribution in [3.8, 4) is 11.8 Å². The third kappa shape index (κ3) is 5.17. The van der Waals surface area contributed by atoms with Crippen LogP contribution in [0.5, 0.6) is 0 Å². The van der Waals surface area contributed by atoms with Crippen LogP contribution in [0.3, 0.4) is 0 Å². The van der Waals surface area contributed by atoms with Gasteiger partial charge in [0.25, 0.3) is 0 Å². The van der Waals surface area contributed by atoms with Crippen LogP contribution in [0, 0.1) is 17.8 Å². The maximum absolute atomic E-state index is 4.52. The van der Waals surface area contributed by atoms with E-state index in [2.05, 4.69) is 21.8 Å². The lowest BCUT2D eigenvalue weighted by Gasteiger charge is -1.88. The third-order valence-electron chi connectivity index (χ3n) is 0.770. The highest BCUT2D eigenvalue weighted by molar-refractivity contribution is 5.97. The second-order valence-electron chi connectivity index (χ2n) is 2.28. The molecule has 0 aliphatic carbocycles. The Bertz CT molecular complexity index is 171. The molecule has 0 amide bonds. The summed E-state index contributed by atoms with van der Waals surface area (Å²) in [5, 5.41) is 3.64. The fraction of sp³-hybridized carbons (Fsp3) is 0.625. The molecule has 0 radical (unpaired) electrons. The first-order valence-electron chi connectivity index (χ1n) is 3.26. The van der Waals surface area contributed by atoms with E-state index < -0.39 is 0 Å². The van der Waals surface area contributed by atoms with E-state index in [1.165, 1.54) is 7.11 Å². The Morgan fingerprint density at radius 3 is 2.50 bits per heavy atom. The van der Waals surface area contributed by atoms with Gasteiger partial charge < -0.3 is 4.84 Å². The SMILES string of the molecule is CO/N=C(\C)C#CC(C)C. The van der Waals surface area contributed by atoms with Crippen LogP contribution < -0.4 is 0 Å². The Balaban J connectivity index is 3.91. The van der Waals surface area contributed by atoms with Crippen LogP contribution in [0.25, 0.3) is 0 Å². The molecule has 0 aromatic heterocycles. The van der Waals surface area contributed by atoms with Gasteiger partial charge in [-0.05, 0) is 12.8 Å². The molecule has 0 aliphatic rings. The fourth-order valence-corrected chi connectivity index (χ4v) is 0.409. The van der Waals surface area contributed by atoms with Crippen molar-refractivity contribution in [1.29, 1.82) is 0 Å². The number of oxime groups is 1. The van der Waals surface area contributed by atoms with E-state index in [1.807, 2.05) is 20.8 Å². The van der Waals surface area contributed by atoms with E-state index >= 15 is 0 Å². The van der Waals surface area contributed by atoms with Gasteiger partial charge in [-0.3, -0.25) is 0 Å². The Morgan fingerprint density at radius 2 is 2.10 bits per heavy atom. The van der Waals surface area contributed by atoms with Gasteiger partial charge in [-0.2, -0.15) is 0 Å². The molecule has 2 nitrogen and oxygen atoms in total. The van der Waals surface area contributed by atoms with Gasteiger partial charge in [0, 0.05) is 5.92 Å². The van der Waals surface area contributed by atoms with Gasteiger partial charge in [0.15, 0.2) is 0 Å². The monoisotopic (exact) mass is 139 g/mol. The van der Waals surface area contributed by atoms with Crippen LogP contribution in [0.1, 0.15) is 20.8 Å². The molecule has 0 aliphatic heterocycles. The van der Waals surface area contributed by atoms with E-state index in [0.29, 0.717) is 5.92 Å². The van der Waals surface area contributed by atoms with E-state index in [4.69, 9.17) is 0 Å². The van der Waals surface area contributed by atoms with Crippen molar-refractivity contribution in [2.24, 2.45) is 11.1 Å². The van der Waals surface area contributed by atoms with Gasteiger partial charge >= 0.3 is 0 Å². The normalized spacial score (nSPS) is 10.7. The van der Waals surface area contributed by atoms with Gasteiger partial charge in [0.1, 0.15) is 12.8 Å². The number of hydrogen-bond acceptors (Lipinski definition) is 2. The largest absolute Gasteiger partial charge is 0.398 e. The predicted octanol–water partition coefficient (Wildman–Crippen LogP) is 1.67. The average molecular weight is 139 g/mol. The summed E-state index contributed by atoms with van der Waals surface area (Å²) < 4.78 is 0. The molecule has 0 unspecified atom stereocenters. The number of rotatable bonds is 1. The molecule has 0 atom stereocenters. The zero-order valence-corrected chi connectivity index (χ0v) is 6.93. The predicted molar refractivity (Wildman–Crippen MR) is 42.7 cm³/mol. The van der Waals surface area contributed by atoms with Crippen molar-refractivity contribution >= 4 is 5.71 Å². The quantitative estimate of drug-likeness (QED) is 0.307. The minimum Gasteiger partial charge on any atom is -0.398 e. The fourth-order valence-electron chi connectivity index (χ4n) is 0.409. The van der Waals surface area contributed by atoms with Crippen molar-refractivity contribution in [2.45, 2.75) is 20.8 Å². The highest BCUT2D eigenvalue weighted by atomic mass is 16.6. The Morgan fingerprint density at radius 1 is 1.50 bits per heavy atom. The second kappa shape index (κ2) is 4.87. The molecule has 0 bridgehead atoms. The minimum atomic E-state index is 0.391. The van der Waals surface area contributed by atoms with E-state index in [1.54, 1.807) is 0 Å². The molecule has 56 valence electrons. The number of hydrogen-bond donors (Lipinski definition) is 0. The lowest BCUT2D eigenvalue weighted by Crippen LogP contribution is -1.88. The Kier molecular flexibility index (Phi) is 4.39. The highest BCUT2D eigenvalue weighted by Gasteiger charge is 1.83. The van der Waals surface area contributed by atoms with Gasteiger partial charge in [0.2, 0.25) is 0 Å². The van der Waals surface area contributed by atoms with E-state index in [-0.39, 0.29) is 0 Å². The van der Waals surface area contributed by atoms with E-state index in [0.717, 1.165) is 5.71 Å². The topological polar surface area (TPSA) is 21.6 Å². The smallest absolute Gasteiger partial charge is 0.126 e. The van der Waals surface area contributed by atoms with Crippen LogP contribution in [-0.2, 0) is 4.84 Å². The molecule has 10 heavy (non-hydrogen) atoms. The molecule has 0 heterocycles. The summed E-state index contributed by atoms with van der Waals surface area (Å²) in [5.74, 6) is 6.22. The summed E-state index contributed by atoms with van der Waals surface area (Å²) in [7, 11) is 1.51. The molecule has 0 fully saturated rings. The standard InChI is InChI=1S/C8H13NO/c1-7(2)5-6-8(3)9-10-4/h7H,1-4H3/b9-8+. The first-order chi connectivity index (χ1) is 4.66. The van der Waals surface area contributed by atoms with Crippen LogP contribution in [0.2, 0.25) is 0 Å². The van der Waals surface area contributed by atoms with Crippen molar-refractivity contribution in [3.63, 3.8) is 0 Å². The van der Waals surface area contributed by atoms with Crippen LogP contribution in [-0.4, -0.2) is 12.8 Å². The first-order valence-corrected chi connectivity index (χ1v) is 3.26. The first kappa shape index (κ1) is 9.03. The third-order valence-corrected chi connectivity index (χ3v) is 0.770. The molecule has 0 saturated carbocycles. The summed E-state index contributed by atoms with van der Waals surface area (Å²) in [5.41, 5.74) is 0.719. The summed E-state index contributed by atoms with van der Waals surface area (Å²) in [6, 6.07) is 0. The van der Waals surface area contributed by atoms with Gasteiger partial charge in [-0.25, -0.2) is 0 Å². The van der Waals surface area contributed by atoms with Crippen molar-refractivity contribution in [1.82, 2.24) is 0 Å². The number of nitrogens with zero attached hydrogens (tertiary/aromatic N) is 1. The molecular formula is C8H13NO. The lowest BCUT2D eigenvalue weighted by molar-refractivity contribution is 0.214. The summed E-state index contributed by atoms with van der Waals surface area (Å²) in [4.78, 5) is 4.52. The molecule has 0 aromatic carbocycles. The molecule has 0 spiro atoms. The molecule has 2 heteroatoms. The van der Waals surface area contributed by atoms with Crippen LogP contribution >= 0.6 is 0 Å². The van der Waals surface area contributed by atoms with Crippen LogP contribution in [0.4, 0.5) is 0 Å². The minimum absolute atomic E-state index is 0.391. The van der Waals surface area contributed by atoms with Crippen molar-refractivity contribution in [2.75, 3.05) is 7.11 Å². The van der Waals surface area contributed by atoms with Gasteiger partial charge in [-0.1, -0.05) is 24.9 Å². The lowest BCUT2D eigenvalue weighted by atomic mass is 10.2.